The molecule has 22 heavy (non-hydrogen) atoms. The van der Waals surface area contributed by atoms with Gasteiger partial charge in [0, 0.05) is 35.4 Å². The molecule has 1 N–H and O–H groups in total. The lowest BCUT2D eigenvalue weighted by atomic mass is 10.2. The summed E-state index contributed by atoms with van der Waals surface area (Å²) in [4.78, 5) is 14.3. The molecule has 1 amide bonds. The van der Waals surface area contributed by atoms with E-state index < -0.39 is 0 Å². The molecule has 1 aliphatic heterocycles. The van der Waals surface area contributed by atoms with E-state index in [1.54, 1.807) is 0 Å². The van der Waals surface area contributed by atoms with Gasteiger partial charge in [-0.1, -0.05) is 40.2 Å². The molecule has 0 saturated heterocycles. The number of aryl methyl sites for hydroxylation is 1. The van der Waals surface area contributed by atoms with Crippen LogP contribution in [0.3, 0.4) is 0 Å². The summed E-state index contributed by atoms with van der Waals surface area (Å²) in [5.41, 5.74) is 4.58. The molecule has 0 fully saturated rings. The molecule has 4 heteroatoms. The van der Waals surface area contributed by atoms with Crippen LogP contribution >= 0.6 is 15.9 Å². The molecule has 0 aliphatic carbocycles. The van der Waals surface area contributed by atoms with Gasteiger partial charge in [0.1, 0.15) is 0 Å². The van der Waals surface area contributed by atoms with E-state index in [2.05, 4.69) is 40.3 Å². The highest BCUT2D eigenvalue weighted by Gasteiger charge is 2.23. The molecule has 0 aromatic heterocycles. The molecule has 0 radical (unpaired) electrons. The summed E-state index contributed by atoms with van der Waals surface area (Å²) in [6.45, 7) is 3.50. The first kappa shape index (κ1) is 15.1. The molecule has 114 valence electrons. The van der Waals surface area contributed by atoms with Crippen molar-refractivity contribution in [1.29, 1.82) is 0 Å². The SMILES string of the molecule is Cc1ccc(NCCC(=O)N2CCc3ccccc32)cc1Br. The van der Waals surface area contributed by atoms with E-state index in [-0.39, 0.29) is 5.91 Å². The van der Waals surface area contributed by atoms with Crippen LogP contribution in [-0.4, -0.2) is 19.0 Å². The van der Waals surface area contributed by atoms with Crippen LogP contribution in [0, 0.1) is 6.92 Å². The lowest BCUT2D eigenvalue weighted by Crippen LogP contribution is -2.30. The zero-order valence-electron chi connectivity index (χ0n) is 12.6. The van der Waals surface area contributed by atoms with Crippen molar-refractivity contribution in [2.75, 3.05) is 23.3 Å². The van der Waals surface area contributed by atoms with Gasteiger partial charge >= 0.3 is 0 Å². The number of fused-ring (bicyclic) bond motifs is 1. The summed E-state index contributed by atoms with van der Waals surface area (Å²) in [6.07, 6.45) is 1.46. The van der Waals surface area contributed by atoms with Gasteiger partial charge in [-0.25, -0.2) is 0 Å². The predicted molar refractivity (Wildman–Crippen MR) is 94.5 cm³/mol. The maximum absolute atomic E-state index is 12.4. The highest BCUT2D eigenvalue weighted by Crippen LogP contribution is 2.28. The van der Waals surface area contributed by atoms with Crippen molar-refractivity contribution in [1.82, 2.24) is 0 Å². The highest BCUT2D eigenvalue weighted by molar-refractivity contribution is 9.10. The third-order valence-electron chi connectivity index (χ3n) is 4.03. The topological polar surface area (TPSA) is 32.3 Å². The van der Waals surface area contributed by atoms with Crippen molar-refractivity contribution < 1.29 is 4.79 Å². The van der Waals surface area contributed by atoms with E-state index in [1.807, 2.05) is 35.2 Å². The van der Waals surface area contributed by atoms with E-state index in [4.69, 9.17) is 0 Å². The van der Waals surface area contributed by atoms with Gasteiger partial charge in [-0.3, -0.25) is 4.79 Å². The highest BCUT2D eigenvalue weighted by atomic mass is 79.9. The molecule has 0 unspecified atom stereocenters. The number of benzene rings is 2. The summed E-state index contributed by atoms with van der Waals surface area (Å²) in [7, 11) is 0. The smallest absolute Gasteiger partial charge is 0.228 e. The molecule has 2 aromatic carbocycles. The van der Waals surface area contributed by atoms with Gasteiger partial charge in [-0.2, -0.15) is 0 Å². The van der Waals surface area contributed by atoms with E-state index in [1.165, 1.54) is 11.1 Å². The van der Waals surface area contributed by atoms with E-state index in [9.17, 15) is 4.79 Å². The van der Waals surface area contributed by atoms with Crippen LogP contribution < -0.4 is 10.2 Å². The quantitative estimate of drug-likeness (QED) is 0.890. The minimum atomic E-state index is 0.184. The minimum Gasteiger partial charge on any atom is -0.384 e. The van der Waals surface area contributed by atoms with Crippen LogP contribution in [-0.2, 0) is 11.2 Å². The number of para-hydroxylation sites is 1. The van der Waals surface area contributed by atoms with Gasteiger partial charge in [-0.15, -0.1) is 0 Å². The summed E-state index contributed by atoms with van der Waals surface area (Å²) in [5, 5.41) is 3.31. The van der Waals surface area contributed by atoms with Crippen LogP contribution in [0.5, 0.6) is 0 Å². The fourth-order valence-electron chi connectivity index (χ4n) is 2.75. The lowest BCUT2D eigenvalue weighted by Gasteiger charge is -2.17. The maximum atomic E-state index is 12.4. The standard InChI is InChI=1S/C18H19BrN2O/c1-13-6-7-15(12-16(13)19)20-10-8-18(22)21-11-9-14-4-2-3-5-17(14)21/h2-7,12,20H,8-11H2,1H3. The minimum absolute atomic E-state index is 0.184. The Morgan fingerprint density at radius 2 is 2.09 bits per heavy atom. The molecular weight excluding hydrogens is 340 g/mol. The average Bonchev–Trinajstić information content (AvgIpc) is 2.95. The van der Waals surface area contributed by atoms with Crippen molar-refractivity contribution in [3.05, 3.63) is 58.1 Å². The summed E-state index contributed by atoms with van der Waals surface area (Å²) in [6, 6.07) is 14.3. The largest absolute Gasteiger partial charge is 0.384 e. The number of anilines is 2. The maximum Gasteiger partial charge on any atom is 0.228 e. The van der Waals surface area contributed by atoms with E-state index in [0.29, 0.717) is 13.0 Å². The Labute approximate surface area is 139 Å². The Balaban J connectivity index is 1.56. The number of hydrogen-bond donors (Lipinski definition) is 1. The first-order valence-corrected chi connectivity index (χ1v) is 8.33. The molecule has 2 aromatic rings. The van der Waals surface area contributed by atoms with E-state index >= 15 is 0 Å². The van der Waals surface area contributed by atoms with Crippen molar-refractivity contribution in [3.63, 3.8) is 0 Å². The summed E-state index contributed by atoms with van der Waals surface area (Å²) in [5.74, 6) is 0.184. The Morgan fingerprint density at radius 3 is 2.91 bits per heavy atom. The number of nitrogens with zero attached hydrogens (tertiary/aromatic N) is 1. The normalized spacial score (nSPS) is 13.1. The van der Waals surface area contributed by atoms with Crippen molar-refractivity contribution in [3.8, 4) is 0 Å². The van der Waals surface area contributed by atoms with Crippen LogP contribution in [0.15, 0.2) is 46.9 Å². The number of nitrogens with one attached hydrogen (secondary N) is 1. The number of carbonyl (C=O) groups is 1. The molecule has 0 spiro atoms. The molecule has 1 heterocycles. The molecule has 3 nitrogen and oxygen atoms in total. The molecule has 1 aliphatic rings. The fraction of sp³-hybridized carbons (Fsp3) is 0.278. The van der Waals surface area contributed by atoms with Crippen molar-refractivity contribution in [2.45, 2.75) is 19.8 Å². The van der Waals surface area contributed by atoms with Crippen LogP contribution in [0.1, 0.15) is 17.5 Å². The second-order valence-electron chi connectivity index (χ2n) is 5.56. The van der Waals surface area contributed by atoms with Crippen molar-refractivity contribution >= 4 is 33.2 Å². The fourth-order valence-corrected chi connectivity index (χ4v) is 3.13. The summed E-state index contributed by atoms with van der Waals surface area (Å²) >= 11 is 3.52. The molecule has 3 rings (SSSR count). The Kier molecular flexibility index (Phi) is 4.48. The molecule has 0 saturated carbocycles. The number of hydrogen-bond acceptors (Lipinski definition) is 2. The third-order valence-corrected chi connectivity index (χ3v) is 4.88. The Bertz CT molecular complexity index is 699. The second kappa shape index (κ2) is 6.53. The monoisotopic (exact) mass is 358 g/mol. The molecular formula is C18H19BrN2O. The summed E-state index contributed by atoms with van der Waals surface area (Å²) < 4.78 is 1.08. The average molecular weight is 359 g/mol. The molecule has 0 bridgehead atoms. The number of amides is 1. The lowest BCUT2D eigenvalue weighted by molar-refractivity contribution is -0.118. The number of carbonyl (C=O) groups excluding carboxylic acids is 1. The van der Waals surface area contributed by atoms with Gasteiger partial charge in [0.15, 0.2) is 0 Å². The Morgan fingerprint density at radius 1 is 1.27 bits per heavy atom. The van der Waals surface area contributed by atoms with Crippen LogP contribution in [0.4, 0.5) is 11.4 Å². The van der Waals surface area contributed by atoms with Gasteiger partial charge < -0.3 is 10.2 Å². The van der Waals surface area contributed by atoms with Crippen LogP contribution in [0.2, 0.25) is 0 Å². The molecule has 0 atom stereocenters. The van der Waals surface area contributed by atoms with Gasteiger partial charge in [0.2, 0.25) is 5.91 Å². The predicted octanol–water partition coefficient (Wildman–Crippen LogP) is 4.15. The van der Waals surface area contributed by atoms with E-state index in [0.717, 1.165) is 28.8 Å². The number of halogens is 1. The van der Waals surface area contributed by atoms with Crippen molar-refractivity contribution in [2.24, 2.45) is 0 Å². The third kappa shape index (κ3) is 3.17. The Hall–Kier alpha value is -1.81. The van der Waals surface area contributed by atoms with Gasteiger partial charge in [0.25, 0.3) is 0 Å². The first-order valence-electron chi connectivity index (χ1n) is 7.53. The zero-order valence-corrected chi connectivity index (χ0v) is 14.2. The van der Waals surface area contributed by atoms with Crippen LogP contribution in [0.25, 0.3) is 0 Å². The number of rotatable bonds is 4. The van der Waals surface area contributed by atoms with Gasteiger partial charge in [-0.05, 0) is 42.7 Å². The second-order valence-corrected chi connectivity index (χ2v) is 6.42. The first-order chi connectivity index (χ1) is 10.6. The van der Waals surface area contributed by atoms with Gasteiger partial charge in [0.05, 0.1) is 0 Å². The zero-order chi connectivity index (χ0) is 15.5.